The number of pyridine rings is 2. The summed E-state index contributed by atoms with van der Waals surface area (Å²) in [6.07, 6.45) is 0. The van der Waals surface area contributed by atoms with Gasteiger partial charge in [0.1, 0.15) is 16.9 Å². The lowest BCUT2D eigenvalue weighted by Gasteiger charge is -2.13. The van der Waals surface area contributed by atoms with Crippen LogP contribution in [0.3, 0.4) is 0 Å². The van der Waals surface area contributed by atoms with E-state index in [4.69, 9.17) is 14.4 Å². The summed E-state index contributed by atoms with van der Waals surface area (Å²) in [5.74, 6) is 0.199. The zero-order valence-corrected chi connectivity index (χ0v) is 28.2. The summed E-state index contributed by atoms with van der Waals surface area (Å²) in [6, 6.07) is 53.4. The lowest BCUT2D eigenvalue weighted by molar-refractivity contribution is 0.477. The molecule has 0 saturated carbocycles. The van der Waals surface area contributed by atoms with Crippen LogP contribution in [0.25, 0.3) is 89.4 Å². The molecule has 0 aliphatic heterocycles. The van der Waals surface area contributed by atoms with E-state index in [0.717, 1.165) is 83.8 Å². The van der Waals surface area contributed by atoms with Gasteiger partial charge in [0.25, 0.3) is 0 Å². The Hall–Kier alpha value is -6.72. The Bertz CT molecular complexity index is 2740. The summed E-state index contributed by atoms with van der Waals surface area (Å²) in [7, 11) is 2.11. The highest BCUT2D eigenvalue weighted by Crippen LogP contribution is 2.37. The summed E-state index contributed by atoms with van der Waals surface area (Å²) in [5.41, 5.74) is 14.3. The summed E-state index contributed by atoms with van der Waals surface area (Å²) >= 11 is 0. The standard InChI is InChI=1S/C46H33N3O2/c1-29-23-35(43-22-21-42(49(43)2)33-19-20-37-36-15-7-9-18-45(36)51-46(37)28-33)27-39(47-29)31-13-10-14-32(24-31)40-25-34(30-11-4-3-5-12-30)26-41(48-40)38-16-6-8-17-44(38)50/h3-28,50H,1-2H3. The Morgan fingerprint density at radius 2 is 1.12 bits per heavy atom. The molecule has 0 spiro atoms. The maximum atomic E-state index is 10.7. The third-order valence-corrected chi connectivity index (χ3v) is 9.61. The molecular weight excluding hydrogens is 627 g/mol. The number of hydrogen-bond acceptors (Lipinski definition) is 4. The van der Waals surface area contributed by atoms with Gasteiger partial charge in [-0.25, -0.2) is 4.98 Å². The number of furan rings is 1. The molecule has 0 bridgehead atoms. The van der Waals surface area contributed by atoms with Crippen molar-refractivity contribution >= 4 is 21.9 Å². The van der Waals surface area contributed by atoms with Crippen LogP contribution in [-0.2, 0) is 7.05 Å². The molecule has 9 aromatic rings. The highest BCUT2D eigenvalue weighted by molar-refractivity contribution is 6.05. The Morgan fingerprint density at radius 1 is 0.471 bits per heavy atom. The van der Waals surface area contributed by atoms with Crippen molar-refractivity contribution < 1.29 is 9.52 Å². The molecular formula is C46H33N3O2. The fourth-order valence-corrected chi connectivity index (χ4v) is 7.08. The zero-order chi connectivity index (χ0) is 34.5. The van der Waals surface area contributed by atoms with E-state index in [2.05, 4.69) is 103 Å². The average Bonchev–Trinajstić information content (AvgIpc) is 3.74. The van der Waals surface area contributed by atoms with E-state index >= 15 is 0 Å². The smallest absolute Gasteiger partial charge is 0.136 e. The van der Waals surface area contributed by atoms with Gasteiger partial charge in [-0.3, -0.25) is 4.98 Å². The van der Waals surface area contributed by atoms with Gasteiger partial charge in [-0.05, 0) is 90.8 Å². The average molecular weight is 660 g/mol. The Kier molecular flexibility index (Phi) is 7.32. The van der Waals surface area contributed by atoms with Gasteiger partial charge in [-0.15, -0.1) is 0 Å². The van der Waals surface area contributed by atoms with Crippen LogP contribution in [0.1, 0.15) is 5.69 Å². The fourth-order valence-electron chi connectivity index (χ4n) is 7.08. The number of hydrogen-bond donors (Lipinski definition) is 1. The normalized spacial score (nSPS) is 11.4. The van der Waals surface area contributed by atoms with Gasteiger partial charge >= 0.3 is 0 Å². The van der Waals surface area contributed by atoms with Gasteiger partial charge in [-0.1, -0.05) is 84.9 Å². The van der Waals surface area contributed by atoms with Crippen LogP contribution in [0.15, 0.2) is 162 Å². The van der Waals surface area contributed by atoms with E-state index in [9.17, 15) is 5.11 Å². The number of para-hydroxylation sites is 2. The molecule has 0 fully saturated rings. The number of phenols is 1. The molecule has 5 nitrogen and oxygen atoms in total. The SMILES string of the molecule is Cc1cc(-c2ccc(-c3ccc4c(c3)oc3ccccc34)n2C)cc(-c2cccc(-c3cc(-c4ccccc4)cc(-c4ccccc4O)n3)c2)n1. The van der Waals surface area contributed by atoms with Gasteiger partial charge in [0, 0.05) is 62.7 Å². The van der Waals surface area contributed by atoms with Crippen molar-refractivity contribution in [1.29, 1.82) is 0 Å². The molecule has 0 aliphatic carbocycles. The molecule has 0 atom stereocenters. The molecule has 0 aliphatic rings. The monoisotopic (exact) mass is 659 g/mol. The number of benzene rings is 5. The number of nitrogens with zero attached hydrogens (tertiary/aromatic N) is 3. The topological polar surface area (TPSA) is 64.1 Å². The minimum Gasteiger partial charge on any atom is -0.507 e. The van der Waals surface area contributed by atoms with Crippen molar-refractivity contribution in [3.8, 4) is 73.2 Å². The molecule has 244 valence electrons. The molecule has 1 N–H and O–H groups in total. The Balaban J connectivity index is 1.10. The van der Waals surface area contributed by atoms with Crippen molar-refractivity contribution in [2.45, 2.75) is 6.92 Å². The summed E-state index contributed by atoms with van der Waals surface area (Å²) in [6.45, 7) is 2.04. The number of fused-ring (bicyclic) bond motifs is 3. The van der Waals surface area contributed by atoms with E-state index < -0.39 is 0 Å². The molecule has 9 rings (SSSR count). The van der Waals surface area contributed by atoms with Gasteiger partial charge in [0.15, 0.2) is 0 Å². The minimum absolute atomic E-state index is 0.199. The second kappa shape index (κ2) is 12.3. The number of aromatic nitrogens is 3. The van der Waals surface area contributed by atoms with Crippen LogP contribution in [-0.4, -0.2) is 19.6 Å². The third kappa shape index (κ3) is 5.55. The van der Waals surface area contributed by atoms with Crippen molar-refractivity contribution in [3.63, 3.8) is 0 Å². The second-order valence-corrected chi connectivity index (χ2v) is 12.9. The quantitative estimate of drug-likeness (QED) is 0.193. The van der Waals surface area contributed by atoms with E-state index in [-0.39, 0.29) is 5.75 Å². The predicted octanol–water partition coefficient (Wildman–Crippen LogP) is 11.7. The lowest BCUT2D eigenvalue weighted by atomic mass is 9.98. The van der Waals surface area contributed by atoms with Crippen molar-refractivity contribution in [2.24, 2.45) is 7.05 Å². The largest absolute Gasteiger partial charge is 0.507 e. The zero-order valence-electron chi connectivity index (χ0n) is 28.2. The van der Waals surface area contributed by atoms with Crippen molar-refractivity contribution in [3.05, 3.63) is 163 Å². The second-order valence-electron chi connectivity index (χ2n) is 12.9. The first-order chi connectivity index (χ1) is 25.0. The first-order valence-electron chi connectivity index (χ1n) is 17.0. The van der Waals surface area contributed by atoms with Gasteiger partial charge in [0.2, 0.25) is 0 Å². The molecule has 0 amide bonds. The molecule has 51 heavy (non-hydrogen) atoms. The maximum Gasteiger partial charge on any atom is 0.136 e. The Labute approximate surface area is 295 Å². The molecule has 4 heterocycles. The summed E-state index contributed by atoms with van der Waals surface area (Å²) < 4.78 is 8.43. The number of aryl methyl sites for hydroxylation is 1. The van der Waals surface area contributed by atoms with Crippen LogP contribution in [0.5, 0.6) is 5.75 Å². The highest BCUT2D eigenvalue weighted by atomic mass is 16.3. The van der Waals surface area contributed by atoms with Crippen LogP contribution < -0.4 is 0 Å². The fraction of sp³-hybridized carbons (Fsp3) is 0.0435. The number of aromatic hydroxyl groups is 1. The Morgan fingerprint density at radius 3 is 1.94 bits per heavy atom. The molecule has 5 aromatic carbocycles. The van der Waals surface area contributed by atoms with Crippen LogP contribution in [0.2, 0.25) is 0 Å². The van der Waals surface area contributed by atoms with Gasteiger partial charge in [-0.2, -0.15) is 0 Å². The van der Waals surface area contributed by atoms with Crippen LogP contribution in [0, 0.1) is 6.92 Å². The minimum atomic E-state index is 0.199. The van der Waals surface area contributed by atoms with E-state index in [1.54, 1.807) is 6.07 Å². The summed E-state index contributed by atoms with van der Waals surface area (Å²) in [5, 5.41) is 13.0. The molecule has 0 radical (unpaired) electrons. The molecule has 5 heteroatoms. The first-order valence-corrected chi connectivity index (χ1v) is 17.0. The summed E-state index contributed by atoms with van der Waals surface area (Å²) in [4.78, 5) is 10.0. The molecule has 0 unspecified atom stereocenters. The van der Waals surface area contributed by atoms with Crippen molar-refractivity contribution in [1.82, 2.24) is 14.5 Å². The van der Waals surface area contributed by atoms with E-state index in [0.29, 0.717) is 11.3 Å². The lowest BCUT2D eigenvalue weighted by Crippen LogP contribution is -1.97. The predicted molar refractivity (Wildman–Crippen MR) is 207 cm³/mol. The van der Waals surface area contributed by atoms with E-state index in [1.807, 2.05) is 67.6 Å². The van der Waals surface area contributed by atoms with Gasteiger partial charge < -0.3 is 14.1 Å². The first kappa shape index (κ1) is 30.3. The maximum absolute atomic E-state index is 10.7. The van der Waals surface area contributed by atoms with Crippen molar-refractivity contribution in [2.75, 3.05) is 0 Å². The number of rotatable bonds is 6. The molecule has 0 saturated heterocycles. The van der Waals surface area contributed by atoms with E-state index in [1.165, 1.54) is 0 Å². The number of phenolic OH excluding ortho intramolecular Hbond substituents is 1. The van der Waals surface area contributed by atoms with Crippen LogP contribution >= 0.6 is 0 Å². The van der Waals surface area contributed by atoms with Crippen LogP contribution in [0.4, 0.5) is 0 Å². The molecule has 4 aromatic heterocycles. The third-order valence-electron chi connectivity index (χ3n) is 9.61. The highest BCUT2D eigenvalue weighted by Gasteiger charge is 2.16. The van der Waals surface area contributed by atoms with Gasteiger partial charge in [0.05, 0.1) is 17.1 Å².